The number of carboxylic acid groups (broad SMARTS) is 1. The molecule has 2 amide bonds. The molecule has 1 aromatic carbocycles. The van der Waals surface area contributed by atoms with Crippen LogP contribution in [0.3, 0.4) is 0 Å². The predicted octanol–water partition coefficient (Wildman–Crippen LogP) is 2.42. The molecule has 1 saturated heterocycles. The molecule has 2 rings (SSSR count). The van der Waals surface area contributed by atoms with Crippen molar-refractivity contribution in [1.82, 2.24) is 4.90 Å². The lowest BCUT2D eigenvalue weighted by molar-refractivity contribution is -0.133. The van der Waals surface area contributed by atoms with Gasteiger partial charge in [0.05, 0.1) is 6.04 Å². The van der Waals surface area contributed by atoms with E-state index in [-0.39, 0.29) is 11.9 Å². The zero-order chi connectivity index (χ0) is 11.5. The molecule has 0 radical (unpaired) electrons. The van der Waals surface area contributed by atoms with Crippen LogP contribution in [-0.4, -0.2) is 22.0 Å². The third kappa shape index (κ3) is 1.91. The number of carbonyl (C=O) groups is 2. The molecule has 4 heteroatoms. The minimum Gasteiger partial charge on any atom is -0.465 e. The highest BCUT2D eigenvalue weighted by molar-refractivity contribution is 5.92. The third-order valence-corrected chi connectivity index (χ3v) is 2.84. The lowest BCUT2D eigenvalue weighted by Gasteiger charge is -2.31. The number of nitrogens with zero attached hydrogens (tertiary/aromatic N) is 1. The van der Waals surface area contributed by atoms with E-state index in [9.17, 15) is 9.59 Å². The predicted molar refractivity (Wildman–Crippen MR) is 57.9 cm³/mol. The largest absolute Gasteiger partial charge is 0.465 e. The molecule has 16 heavy (non-hydrogen) atoms. The first kappa shape index (κ1) is 10.7. The molecular weight excluding hydrogens is 206 g/mol. The van der Waals surface area contributed by atoms with Crippen LogP contribution < -0.4 is 0 Å². The van der Waals surface area contributed by atoms with Gasteiger partial charge in [-0.2, -0.15) is 0 Å². The summed E-state index contributed by atoms with van der Waals surface area (Å²) in [5, 5.41) is 9.05. The maximum Gasteiger partial charge on any atom is 0.414 e. The molecule has 1 fully saturated rings. The van der Waals surface area contributed by atoms with Crippen molar-refractivity contribution < 1.29 is 14.7 Å². The number of amides is 2. The number of piperidine rings is 1. The van der Waals surface area contributed by atoms with Gasteiger partial charge in [0.25, 0.3) is 0 Å². The quantitative estimate of drug-likeness (QED) is 0.789. The van der Waals surface area contributed by atoms with Crippen LogP contribution >= 0.6 is 0 Å². The fourth-order valence-corrected chi connectivity index (χ4v) is 2.10. The summed E-state index contributed by atoms with van der Waals surface area (Å²) in [6.45, 7) is 0. The van der Waals surface area contributed by atoms with Crippen molar-refractivity contribution in [2.75, 3.05) is 0 Å². The van der Waals surface area contributed by atoms with Gasteiger partial charge in [0.1, 0.15) is 0 Å². The molecule has 1 N–H and O–H groups in total. The molecule has 0 aromatic heterocycles. The van der Waals surface area contributed by atoms with E-state index in [1.54, 1.807) is 0 Å². The average molecular weight is 219 g/mol. The Morgan fingerprint density at radius 3 is 2.62 bits per heavy atom. The van der Waals surface area contributed by atoms with Gasteiger partial charge in [0, 0.05) is 6.42 Å². The molecule has 0 bridgehead atoms. The van der Waals surface area contributed by atoms with Gasteiger partial charge in [-0.25, -0.2) is 9.69 Å². The van der Waals surface area contributed by atoms with Crippen molar-refractivity contribution in [2.24, 2.45) is 0 Å². The lowest BCUT2D eigenvalue weighted by atomic mass is 9.95. The van der Waals surface area contributed by atoms with Crippen LogP contribution in [0.25, 0.3) is 0 Å². The molecule has 1 heterocycles. The Hall–Kier alpha value is -1.84. The molecule has 0 spiro atoms. The summed E-state index contributed by atoms with van der Waals surface area (Å²) >= 11 is 0. The number of carbonyl (C=O) groups excluding carboxylic acids is 1. The first-order valence-electron chi connectivity index (χ1n) is 5.30. The SMILES string of the molecule is O=C(O)N1C(=O)CCCC1c1ccccc1. The Kier molecular flexibility index (Phi) is 2.90. The highest BCUT2D eigenvalue weighted by Gasteiger charge is 2.33. The third-order valence-electron chi connectivity index (χ3n) is 2.84. The van der Waals surface area contributed by atoms with Gasteiger partial charge in [-0.1, -0.05) is 30.3 Å². The summed E-state index contributed by atoms with van der Waals surface area (Å²) in [5.41, 5.74) is 0.887. The van der Waals surface area contributed by atoms with E-state index in [0.29, 0.717) is 12.8 Å². The summed E-state index contributed by atoms with van der Waals surface area (Å²) in [6.07, 6.45) is 0.637. The fourth-order valence-electron chi connectivity index (χ4n) is 2.10. The van der Waals surface area contributed by atoms with Crippen molar-refractivity contribution in [3.63, 3.8) is 0 Å². The summed E-state index contributed by atoms with van der Waals surface area (Å²) in [4.78, 5) is 23.6. The van der Waals surface area contributed by atoms with Crippen LogP contribution in [0.1, 0.15) is 30.9 Å². The number of hydrogen-bond acceptors (Lipinski definition) is 2. The summed E-state index contributed by atoms with van der Waals surface area (Å²) in [6, 6.07) is 8.99. The summed E-state index contributed by atoms with van der Waals surface area (Å²) in [5.74, 6) is -0.299. The second-order valence-electron chi connectivity index (χ2n) is 3.87. The van der Waals surface area contributed by atoms with Gasteiger partial charge in [0.2, 0.25) is 5.91 Å². The molecule has 0 saturated carbocycles. The van der Waals surface area contributed by atoms with Crippen LogP contribution in [0.5, 0.6) is 0 Å². The van der Waals surface area contributed by atoms with E-state index >= 15 is 0 Å². The molecule has 1 aliphatic rings. The standard InChI is InChI=1S/C12H13NO3/c14-11-8-4-7-10(13(11)12(15)16)9-5-2-1-3-6-9/h1-3,5-6,10H,4,7-8H2,(H,15,16). The average Bonchev–Trinajstić information content (AvgIpc) is 2.29. The van der Waals surface area contributed by atoms with E-state index in [0.717, 1.165) is 16.9 Å². The zero-order valence-electron chi connectivity index (χ0n) is 8.80. The van der Waals surface area contributed by atoms with E-state index in [2.05, 4.69) is 0 Å². The molecular formula is C12H13NO3. The van der Waals surface area contributed by atoms with Crippen molar-refractivity contribution in [2.45, 2.75) is 25.3 Å². The zero-order valence-corrected chi connectivity index (χ0v) is 8.80. The topological polar surface area (TPSA) is 57.6 Å². The van der Waals surface area contributed by atoms with Crippen molar-refractivity contribution in [1.29, 1.82) is 0 Å². The van der Waals surface area contributed by atoms with E-state index < -0.39 is 6.09 Å². The lowest BCUT2D eigenvalue weighted by Crippen LogP contribution is -2.41. The molecule has 1 aliphatic heterocycles. The molecule has 1 atom stereocenters. The van der Waals surface area contributed by atoms with Crippen LogP contribution in [0, 0.1) is 0 Å². The smallest absolute Gasteiger partial charge is 0.414 e. The van der Waals surface area contributed by atoms with Gasteiger partial charge in [-0.05, 0) is 18.4 Å². The number of rotatable bonds is 1. The minimum absolute atomic E-state index is 0.299. The molecule has 1 aromatic rings. The number of likely N-dealkylation sites (tertiary alicyclic amines) is 1. The highest BCUT2D eigenvalue weighted by atomic mass is 16.4. The normalized spacial score (nSPS) is 20.9. The second kappa shape index (κ2) is 4.35. The molecule has 84 valence electrons. The Morgan fingerprint density at radius 2 is 2.00 bits per heavy atom. The van der Waals surface area contributed by atoms with Crippen molar-refractivity contribution in [3.8, 4) is 0 Å². The van der Waals surface area contributed by atoms with E-state index in [1.165, 1.54) is 0 Å². The van der Waals surface area contributed by atoms with Crippen molar-refractivity contribution in [3.05, 3.63) is 35.9 Å². The maximum atomic E-state index is 11.6. The van der Waals surface area contributed by atoms with Gasteiger partial charge in [-0.3, -0.25) is 4.79 Å². The Balaban J connectivity index is 2.31. The van der Waals surface area contributed by atoms with Crippen molar-refractivity contribution >= 4 is 12.0 Å². The van der Waals surface area contributed by atoms with Crippen LogP contribution in [0.2, 0.25) is 0 Å². The van der Waals surface area contributed by atoms with E-state index in [1.807, 2.05) is 30.3 Å². The van der Waals surface area contributed by atoms with Gasteiger partial charge < -0.3 is 5.11 Å². The second-order valence-corrected chi connectivity index (χ2v) is 3.87. The van der Waals surface area contributed by atoms with Gasteiger partial charge in [0.15, 0.2) is 0 Å². The maximum absolute atomic E-state index is 11.6. The first-order valence-corrected chi connectivity index (χ1v) is 5.30. The fraction of sp³-hybridized carbons (Fsp3) is 0.333. The van der Waals surface area contributed by atoms with Gasteiger partial charge >= 0.3 is 6.09 Å². The highest BCUT2D eigenvalue weighted by Crippen LogP contribution is 2.31. The van der Waals surface area contributed by atoms with Crippen LogP contribution in [0.4, 0.5) is 4.79 Å². The molecule has 4 nitrogen and oxygen atoms in total. The molecule has 0 aliphatic carbocycles. The van der Waals surface area contributed by atoms with E-state index in [4.69, 9.17) is 5.11 Å². The van der Waals surface area contributed by atoms with Gasteiger partial charge in [-0.15, -0.1) is 0 Å². The minimum atomic E-state index is -1.15. The summed E-state index contributed by atoms with van der Waals surface area (Å²) in [7, 11) is 0. The Labute approximate surface area is 93.5 Å². The number of hydrogen-bond donors (Lipinski definition) is 1. The number of imide groups is 1. The summed E-state index contributed by atoms with van der Waals surface area (Å²) < 4.78 is 0. The first-order chi connectivity index (χ1) is 7.70. The Morgan fingerprint density at radius 1 is 1.31 bits per heavy atom. The monoisotopic (exact) mass is 219 g/mol. The number of benzene rings is 1. The van der Waals surface area contributed by atoms with Crippen LogP contribution in [-0.2, 0) is 4.79 Å². The Bertz CT molecular complexity index is 402. The van der Waals surface area contributed by atoms with Crippen LogP contribution in [0.15, 0.2) is 30.3 Å². The molecule has 1 unspecified atom stereocenters.